The Balaban J connectivity index is 2.68. The molecule has 0 amide bonds. The highest BCUT2D eigenvalue weighted by Gasteiger charge is 2.47. The number of hydrogen-bond donors (Lipinski definition) is 0. The average molecular weight is 440 g/mol. The third kappa shape index (κ3) is 3.81. The van der Waals surface area contributed by atoms with Gasteiger partial charge < -0.3 is 5.53 Å². The number of rotatable bonds is 2. The summed E-state index contributed by atoms with van der Waals surface area (Å²) in [5, 5.41) is 0. The van der Waals surface area contributed by atoms with Crippen molar-refractivity contribution >= 4 is 24.1 Å². The van der Waals surface area contributed by atoms with E-state index in [1.807, 2.05) is 0 Å². The first-order valence-corrected chi connectivity index (χ1v) is 10.0. The van der Waals surface area contributed by atoms with Gasteiger partial charge in [0.15, 0.2) is 0 Å². The van der Waals surface area contributed by atoms with Crippen LogP contribution in [0.3, 0.4) is 0 Å². The SMILES string of the molecule is Cc1ccc(S(=O)(=O)C(=[N+]=[N-])S(=O)(=O)c2ccc(C(F)(F)F)cc2F)c(F)c1. The monoisotopic (exact) mass is 440 g/mol. The van der Waals surface area contributed by atoms with Gasteiger partial charge in [0, 0.05) is 0 Å². The fourth-order valence-electron chi connectivity index (χ4n) is 2.16. The van der Waals surface area contributed by atoms with Crippen molar-refractivity contribution in [2.75, 3.05) is 0 Å². The van der Waals surface area contributed by atoms with Gasteiger partial charge in [0.25, 0.3) is 19.7 Å². The third-order valence-corrected chi connectivity index (χ3v) is 7.69. The second-order valence-electron chi connectivity index (χ2n) is 5.45. The molecular formula is C15H9F5N2O4S2. The Morgan fingerprint density at radius 1 is 0.893 bits per heavy atom. The first-order valence-electron chi connectivity index (χ1n) is 7.08. The fraction of sp³-hybridized carbons (Fsp3) is 0.133. The molecule has 0 unspecified atom stereocenters. The summed E-state index contributed by atoms with van der Waals surface area (Å²) in [5.74, 6) is -3.31. The number of benzene rings is 2. The van der Waals surface area contributed by atoms with Crippen molar-refractivity contribution in [3.8, 4) is 0 Å². The van der Waals surface area contributed by atoms with Crippen LogP contribution in [0.4, 0.5) is 22.0 Å². The predicted molar refractivity (Wildman–Crippen MR) is 85.5 cm³/mol. The number of nitrogens with zero attached hydrogens (tertiary/aromatic N) is 2. The highest BCUT2D eigenvalue weighted by molar-refractivity contribution is 8.31. The maximum absolute atomic E-state index is 14.0. The maximum Gasteiger partial charge on any atom is 0.504 e. The summed E-state index contributed by atoms with van der Waals surface area (Å²) in [6, 6.07) is 2.78. The molecule has 0 radical (unpaired) electrons. The molecule has 0 saturated heterocycles. The number of alkyl halides is 3. The molecule has 2 aromatic rings. The van der Waals surface area contributed by atoms with Gasteiger partial charge in [0.1, 0.15) is 21.4 Å². The Labute approximate surface area is 155 Å². The summed E-state index contributed by atoms with van der Waals surface area (Å²) in [6.07, 6.45) is -4.99. The second-order valence-corrected chi connectivity index (χ2v) is 9.37. The largest absolute Gasteiger partial charge is 0.504 e. The molecule has 0 bridgehead atoms. The van der Waals surface area contributed by atoms with E-state index in [9.17, 15) is 38.8 Å². The minimum atomic E-state index is -5.47. The Morgan fingerprint density at radius 3 is 1.75 bits per heavy atom. The van der Waals surface area contributed by atoms with E-state index >= 15 is 0 Å². The van der Waals surface area contributed by atoms with Crippen LogP contribution in [0.2, 0.25) is 0 Å². The van der Waals surface area contributed by atoms with Gasteiger partial charge in [-0.25, -0.2) is 25.6 Å². The Morgan fingerprint density at radius 2 is 1.36 bits per heavy atom. The average Bonchev–Trinajstić information content (AvgIpc) is 2.53. The van der Waals surface area contributed by atoms with Crippen LogP contribution in [0.25, 0.3) is 5.53 Å². The van der Waals surface area contributed by atoms with Crippen LogP contribution in [0.1, 0.15) is 11.1 Å². The molecule has 2 rings (SSSR count). The summed E-state index contributed by atoms with van der Waals surface area (Å²) < 4.78 is 113. The van der Waals surface area contributed by atoms with Gasteiger partial charge in [0.2, 0.25) is 0 Å². The van der Waals surface area contributed by atoms with Gasteiger partial charge >= 0.3 is 10.6 Å². The lowest BCUT2D eigenvalue weighted by atomic mass is 10.2. The molecule has 13 heteroatoms. The van der Waals surface area contributed by atoms with Crippen LogP contribution >= 0.6 is 0 Å². The molecule has 0 aliphatic carbocycles. The quantitative estimate of drug-likeness (QED) is 0.235. The Hall–Kier alpha value is -2.63. The molecule has 0 saturated carbocycles. The molecular weight excluding hydrogens is 431 g/mol. The van der Waals surface area contributed by atoms with E-state index in [2.05, 4.69) is 4.79 Å². The standard InChI is InChI=1S/C15H9F5N2O4S2/c1-8-2-4-12(10(16)6-8)27(23,24)14(22-21)28(25,26)13-5-3-9(7-11(13)17)15(18,19)20/h2-7H,1H3. The highest BCUT2D eigenvalue weighted by Crippen LogP contribution is 2.32. The smallest absolute Gasteiger partial charge is 0.359 e. The van der Waals surface area contributed by atoms with Crippen molar-refractivity contribution in [2.24, 2.45) is 0 Å². The molecule has 150 valence electrons. The van der Waals surface area contributed by atoms with Crippen LogP contribution in [0, 0.1) is 18.6 Å². The number of halogens is 5. The van der Waals surface area contributed by atoms with E-state index in [1.54, 1.807) is 0 Å². The molecule has 0 N–H and O–H groups in total. The van der Waals surface area contributed by atoms with Crippen molar-refractivity contribution in [2.45, 2.75) is 22.9 Å². The maximum atomic E-state index is 14.0. The van der Waals surface area contributed by atoms with Crippen LogP contribution in [-0.4, -0.2) is 26.0 Å². The van der Waals surface area contributed by atoms with Crippen molar-refractivity contribution < 1.29 is 43.6 Å². The normalized spacial score (nSPS) is 12.5. The van der Waals surface area contributed by atoms with Gasteiger partial charge in [-0.3, -0.25) is 0 Å². The second kappa shape index (κ2) is 7.08. The summed E-state index contributed by atoms with van der Waals surface area (Å²) >= 11 is 0. The van der Waals surface area contributed by atoms with E-state index in [4.69, 9.17) is 5.53 Å². The van der Waals surface area contributed by atoms with Gasteiger partial charge in [-0.1, -0.05) is 6.07 Å². The van der Waals surface area contributed by atoms with Crippen LogP contribution in [0.15, 0.2) is 46.2 Å². The van der Waals surface area contributed by atoms with Gasteiger partial charge in [-0.05, 0) is 42.8 Å². The lowest BCUT2D eigenvalue weighted by Crippen LogP contribution is -2.27. The lowest BCUT2D eigenvalue weighted by Gasteiger charge is -2.09. The molecule has 0 spiro atoms. The molecule has 6 nitrogen and oxygen atoms in total. The van der Waals surface area contributed by atoms with Crippen molar-refractivity contribution in [1.82, 2.24) is 0 Å². The lowest BCUT2D eigenvalue weighted by molar-refractivity contribution is -0.137. The zero-order chi connectivity index (χ0) is 21.5. The summed E-state index contributed by atoms with van der Waals surface area (Å²) in [5.41, 5.74) is 7.70. The fourth-order valence-corrected chi connectivity index (χ4v) is 5.57. The van der Waals surface area contributed by atoms with Crippen molar-refractivity contribution in [3.05, 3.63) is 64.7 Å². The molecule has 0 heterocycles. The molecule has 0 aromatic heterocycles. The Bertz CT molecular complexity index is 1220. The van der Waals surface area contributed by atoms with Gasteiger partial charge in [-0.15, -0.1) is 4.79 Å². The van der Waals surface area contributed by atoms with E-state index in [0.29, 0.717) is 6.07 Å². The summed E-state index contributed by atoms with van der Waals surface area (Å²) in [7, 11) is -10.8. The highest BCUT2D eigenvalue weighted by atomic mass is 32.3. The van der Waals surface area contributed by atoms with E-state index in [-0.39, 0.29) is 23.8 Å². The first kappa shape index (κ1) is 21.7. The number of hydrogen-bond acceptors (Lipinski definition) is 4. The molecule has 0 aliphatic rings. The van der Waals surface area contributed by atoms with Crippen LogP contribution < -0.4 is 0 Å². The Kier molecular flexibility index (Phi) is 5.48. The minimum absolute atomic E-state index is 0.166. The third-order valence-electron chi connectivity index (χ3n) is 3.47. The van der Waals surface area contributed by atoms with Crippen molar-refractivity contribution in [3.63, 3.8) is 0 Å². The molecule has 2 aromatic carbocycles. The summed E-state index contributed by atoms with van der Waals surface area (Å²) in [6.45, 7) is 1.41. The number of aryl methyl sites for hydroxylation is 1. The molecule has 0 aliphatic heterocycles. The predicted octanol–water partition coefficient (Wildman–Crippen LogP) is 3.13. The zero-order valence-corrected chi connectivity index (χ0v) is 15.3. The zero-order valence-electron chi connectivity index (χ0n) is 13.7. The molecule has 0 atom stereocenters. The first-order chi connectivity index (χ1) is 12.7. The van der Waals surface area contributed by atoms with Crippen molar-refractivity contribution in [1.29, 1.82) is 0 Å². The molecule has 28 heavy (non-hydrogen) atoms. The van der Waals surface area contributed by atoms with Gasteiger partial charge in [0.05, 0.1) is 5.56 Å². The minimum Gasteiger partial charge on any atom is -0.359 e. The topological polar surface area (TPSA) is 105 Å². The molecule has 0 fully saturated rings. The van der Waals surface area contributed by atoms with E-state index < -0.39 is 57.2 Å². The van der Waals surface area contributed by atoms with E-state index in [1.165, 1.54) is 6.92 Å². The van der Waals surface area contributed by atoms with Gasteiger partial charge in [-0.2, -0.15) is 13.2 Å². The van der Waals surface area contributed by atoms with E-state index in [0.717, 1.165) is 12.1 Å². The van der Waals surface area contributed by atoms with Crippen LogP contribution in [0.5, 0.6) is 0 Å². The summed E-state index contributed by atoms with van der Waals surface area (Å²) in [4.78, 5) is -0.530. The van der Waals surface area contributed by atoms with Crippen LogP contribution in [-0.2, 0) is 25.9 Å². The number of sulfone groups is 2.